The minimum Gasteiger partial charge on any atom is -0.489 e. The van der Waals surface area contributed by atoms with Gasteiger partial charge in [-0.2, -0.15) is 0 Å². The maximum absolute atomic E-state index is 12.6. The van der Waals surface area contributed by atoms with Crippen LogP contribution in [-0.2, 0) is 6.61 Å². The van der Waals surface area contributed by atoms with Crippen LogP contribution < -0.4 is 9.64 Å². The fourth-order valence-corrected chi connectivity index (χ4v) is 2.52. The van der Waals surface area contributed by atoms with Crippen molar-refractivity contribution in [3.8, 4) is 5.75 Å². The van der Waals surface area contributed by atoms with E-state index in [0.29, 0.717) is 17.9 Å². The summed E-state index contributed by atoms with van der Waals surface area (Å²) in [5.41, 5.74) is 3.24. The van der Waals surface area contributed by atoms with E-state index in [1.165, 1.54) is 0 Å². The van der Waals surface area contributed by atoms with Gasteiger partial charge in [-0.15, -0.1) is 0 Å². The summed E-state index contributed by atoms with van der Waals surface area (Å²) >= 11 is 0. The predicted octanol–water partition coefficient (Wildman–Crippen LogP) is 4.15. The fourth-order valence-electron chi connectivity index (χ4n) is 2.52. The van der Waals surface area contributed by atoms with E-state index in [9.17, 15) is 4.79 Å². The van der Waals surface area contributed by atoms with Gasteiger partial charge in [0.05, 0.1) is 11.3 Å². The second kappa shape index (κ2) is 7.21. The van der Waals surface area contributed by atoms with Gasteiger partial charge in [0.2, 0.25) is 0 Å². The first-order valence-corrected chi connectivity index (χ1v) is 8.04. The Morgan fingerprint density at radius 2 is 1.76 bits per heavy atom. The fraction of sp³-hybridized carbons (Fsp3) is 0.200. The molecule has 0 bridgehead atoms. The first-order chi connectivity index (χ1) is 12.1. The Bertz CT molecular complexity index is 835. The highest BCUT2D eigenvalue weighted by Crippen LogP contribution is 2.20. The van der Waals surface area contributed by atoms with E-state index in [1.54, 1.807) is 36.2 Å². The maximum atomic E-state index is 12.6. The van der Waals surface area contributed by atoms with Crippen LogP contribution in [-0.4, -0.2) is 18.1 Å². The minimum absolute atomic E-state index is 0.0662. The Hall–Kier alpha value is -3.08. The van der Waals surface area contributed by atoms with Crippen LogP contribution in [0.1, 0.15) is 27.4 Å². The van der Waals surface area contributed by atoms with Gasteiger partial charge in [-0.25, -0.2) is 0 Å². The van der Waals surface area contributed by atoms with Crippen molar-refractivity contribution in [1.82, 2.24) is 5.16 Å². The molecule has 1 aromatic heterocycles. The van der Waals surface area contributed by atoms with Gasteiger partial charge in [-0.1, -0.05) is 23.4 Å². The normalized spacial score (nSPS) is 10.5. The first-order valence-electron chi connectivity index (χ1n) is 8.04. The maximum Gasteiger partial charge on any atom is 0.258 e. The number of ether oxygens (including phenoxy) is 1. The number of amides is 1. The molecule has 0 aliphatic heterocycles. The SMILES string of the molecule is Cc1noc(C)c1COc1ccc(C(=O)N(C)c2ccccc2)cc1. The summed E-state index contributed by atoms with van der Waals surface area (Å²) in [4.78, 5) is 14.2. The summed E-state index contributed by atoms with van der Waals surface area (Å²) in [6.07, 6.45) is 0. The third-order valence-corrected chi connectivity index (χ3v) is 4.11. The van der Waals surface area contributed by atoms with Crippen LogP contribution in [0, 0.1) is 13.8 Å². The molecule has 0 fully saturated rings. The molecule has 0 N–H and O–H groups in total. The van der Waals surface area contributed by atoms with Crippen molar-refractivity contribution in [3.05, 3.63) is 77.2 Å². The Labute approximate surface area is 146 Å². The number of hydrogen-bond donors (Lipinski definition) is 0. The van der Waals surface area contributed by atoms with Gasteiger partial charge in [-0.05, 0) is 50.2 Å². The lowest BCUT2D eigenvalue weighted by molar-refractivity contribution is 0.0993. The molecule has 1 heterocycles. The minimum atomic E-state index is -0.0662. The average Bonchev–Trinajstić information content (AvgIpc) is 2.98. The van der Waals surface area contributed by atoms with Gasteiger partial charge in [0, 0.05) is 18.3 Å². The highest BCUT2D eigenvalue weighted by Gasteiger charge is 2.14. The lowest BCUT2D eigenvalue weighted by Gasteiger charge is -2.17. The van der Waals surface area contributed by atoms with E-state index in [2.05, 4.69) is 5.16 Å². The van der Waals surface area contributed by atoms with Gasteiger partial charge < -0.3 is 14.2 Å². The van der Waals surface area contributed by atoms with Crippen LogP contribution in [0.25, 0.3) is 0 Å². The van der Waals surface area contributed by atoms with Crippen molar-refractivity contribution < 1.29 is 14.1 Å². The standard InChI is InChI=1S/C20H20N2O3/c1-14-19(15(2)25-21-14)13-24-18-11-9-16(10-12-18)20(23)22(3)17-7-5-4-6-8-17/h4-12H,13H2,1-3H3. The summed E-state index contributed by atoms with van der Waals surface area (Å²) in [5.74, 6) is 1.39. The van der Waals surface area contributed by atoms with Gasteiger partial charge >= 0.3 is 0 Å². The summed E-state index contributed by atoms with van der Waals surface area (Å²) < 4.78 is 10.9. The van der Waals surface area contributed by atoms with Crippen LogP contribution >= 0.6 is 0 Å². The lowest BCUT2D eigenvalue weighted by atomic mass is 10.1. The summed E-state index contributed by atoms with van der Waals surface area (Å²) in [6, 6.07) is 16.7. The summed E-state index contributed by atoms with van der Waals surface area (Å²) in [5, 5.41) is 3.91. The largest absolute Gasteiger partial charge is 0.489 e. The number of rotatable bonds is 5. The molecule has 0 spiro atoms. The number of carbonyl (C=O) groups excluding carboxylic acids is 1. The third-order valence-electron chi connectivity index (χ3n) is 4.11. The van der Waals surface area contributed by atoms with E-state index in [4.69, 9.17) is 9.26 Å². The van der Waals surface area contributed by atoms with Crippen molar-refractivity contribution in [2.24, 2.45) is 0 Å². The number of aromatic nitrogens is 1. The molecule has 0 unspecified atom stereocenters. The van der Waals surface area contributed by atoms with Crippen LogP contribution in [0.4, 0.5) is 5.69 Å². The van der Waals surface area contributed by atoms with E-state index in [1.807, 2.05) is 44.2 Å². The molecule has 0 atom stereocenters. The van der Waals surface area contributed by atoms with E-state index < -0.39 is 0 Å². The van der Waals surface area contributed by atoms with E-state index in [-0.39, 0.29) is 5.91 Å². The zero-order chi connectivity index (χ0) is 17.8. The van der Waals surface area contributed by atoms with Gasteiger partial charge in [0.1, 0.15) is 18.1 Å². The Balaban J connectivity index is 1.67. The molecule has 128 valence electrons. The van der Waals surface area contributed by atoms with Crippen molar-refractivity contribution in [3.63, 3.8) is 0 Å². The number of anilines is 1. The van der Waals surface area contributed by atoms with E-state index >= 15 is 0 Å². The molecule has 5 heteroatoms. The van der Waals surface area contributed by atoms with Gasteiger partial charge in [0.25, 0.3) is 5.91 Å². The first kappa shape index (κ1) is 16.8. The summed E-state index contributed by atoms with van der Waals surface area (Å²) in [6.45, 7) is 4.13. The van der Waals surface area contributed by atoms with Crippen molar-refractivity contribution in [2.75, 3.05) is 11.9 Å². The lowest BCUT2D eigenvalue weighted by Crippen LogP contribution is -2.25. The van der Waals surface area contributed by atoms with Gasteiger partial charge in [-0.3, -0.25) is 4.79 Å². The number of carbonyl (C=O) groups is 1. The van der Waals surface area contributed by atoms with Crippen molar-refractivity contribution in [2.45, 2.75) is 20.5 Å². The smallest absolute Gasteiger partial charge is 0.258 e. The molecule has 5 nitrogen and oxygen atoms in total. The topological polar surface area (TPSA) is 55.6 Å². The third kappa shape index (κ3) is 3.71. The monoisotopic (exact) mass is 336 g/mol. The zero-order valence-electron chi connectivity index (χ0n) is 14.5. The zero-order valence-corrected chi connectivity index (χ0v) is 14.5. The second-order valence-electron chi connectivity index (χ2n) is 5.82. The highest BCUT2D eigenvalue weighted by molar-refractivity contribution is 6.05. The number of benzene rings is 2. The van der Waals surface area contributed by atoms with Crippen LogP contribution in [0.2, 0.25) is 0 Å². The van der Waals surface area contributed by atoms with E-state index in [0.717, 1.165) is 22.7 Å². The second-order valence-corrected chi connectivity index (χ2v) is 5.82. The molecule has 0 radical (unpaired) electrons. The Morgan fingerprint density at radius 3 is 2.36 bits per heavy atom. The number of para-hydroxylation sites is 1. The Morgan fingerprint density at radius 1 is 1.08 bits per heavy atom. The molecule has 2 aromatic carbocycles. The molecular formula is C20H20N2O3. The Kier molecular flexibility index (Phi) is 4.84. The number of nitrogens with zero attached hydrogens (tertiary/aromatic N) is 2. The van der Waals surface area contributed by atoms with Crippen molar-refractivity contribution in [1.29, 1.82) is 0 Å². The highest BCUT2D eigenvalue weighted by atomic mass is 16.5. The molecule has 3 rings (SSSR count). The molecule has 0 saturated heterocycles. The molecule has 0 aliphatic rings. The molecule has 3 aromatic rings. The molecule has 0 aliphatic carbocycles. The quantitative estimate of drug-likeness (QED) is 0.702. The van der Waals surface area contributed by atoms with Gasteiger partial charge in [0.15, 0.2) is 0 Å². The summed E-state index contributed by atoms with van der Waals surface area (Å²) in [7, 11) is 1.76. The number of hydrogen-bond acceptors (Lipinski definition) is 4. The number of aryl methyl sites for hydroxylation is 2. The molecule has 25 heavy (non-hydrogen) atoms. The predicted molar refractivity (Wildman–Crippen MR) is 95.9 cm³/mol. The van der Waals surface area contributed by atoms with Crippen molar-refractivity contribution >= 4 is 11.6 Å². The molecule has 0 saturated carbocycles. The average molecular weight is 336 g/mol. The molecule has 1 amide bonds. The van der Waals surface area contributed by atoms with Crippen LogP contribution in [0.15, 0.2) is 59.1 Å². The molecular weight excluding hydrogens is 316 g/mol. The van der Waals surface area contributed by atoms with Crippen LogP contribution in [0.5, 0.6) is 5.75 Å². The van der Waals surface area contributed by atoms with Crippen LogP contribution in [0.3, 0.4) is 0 Å².